The number of rotatable bonds is 4. The Morgan fingerprint density at radius 2 is 1.86 bits per heavy atom. The summed E-state index contributed by atoms with van der Waals surface area (Å²) in [6, 6.07) is 12.0. The molecule has 22 heavy (non-hydrogen) atoms. The van der Waals surface area contributed by atoms with Gasteiger partial charge in [-0.3, -0.25) is 4.79 Å². The van der Waals surface area contributed by atoms with Crippen LogP contribution in [0.5, 0.6) is 0 Å². The second kappa shape index (κ2) is 6.32. The van der Waals surface area contributed by atoms with Gasteiger partial charge < -0.3 is 5.32 Å². The van der Waals surface area contributed by atoms with Crippen LogP contribution in [0.2, 0.25) is 0 Å². The van der Waals surface area contributed by atoms with E-state index in [2.05, 4.69) is 5.32 Å². The van der Waals surface area contributed by atoms with Gasteiger partial charge in [0.25, 0.3) is 5.91 Å². The molecule has 0 atom stereocenters. The lowest BCUT2D eigenvalue weighted by Gasteiger charge is -2.10. The Kier molecular flexibility index (Phi) is 4.66. The highest BCUT2D eigenvalue weighted by atomic mass is 32.2. The van der Waals surface area contributed by atoms with E-state index in [1.807, 2.05) is 32.0 Å². The summed E-state index contributed by atoms with van der Waals surface area (Å²) in [4.78, 5) is 12.5. The molecule has 0 bridgehead atoms. The highest BCUT2D eigenvalue weighted by molar-refractivity contribution is 7.90. The lowest BCUT2D eigenvalue weighted by molar-refractivity contribution is 0.102. The smallest absolute Gasteiger partial charge is 0.255 e. The third-order valence-corrected chi connectivity index (χ3v) is 4.59. The molecule has 0 fully saturated rings. The Morgan fingerprint density at radius 3 is 2.50 bits per heavy atom. The van der Waals surface area contributed by atoms with Gasteiger partial charge >= 0.3 is 0 Å². The Balaban J connectivity index is 2.30. The van der Waals surface area contributed by atoms with E-state index in [4.69, 9.17) is 0 Å². The average Bonchev–Trinajstić information content (AvgIpc) is 2.48. The third kappa shape index (κ3) is 3.74. The normalized spacial score (nSPS) is 11.2. The number of carbonyl (C=O) groups excluding carboxylic acids is 1. The zero-order valence-corrected chi connectivity index (χ0v) is 13.7. The van der Waals surface area contributed by atoms with Gasteiger partial charge in [0.15, 0.2) is 9.84 Å². The molecule has 2 aromatic carbocycles. The maximum absolute atomic E-state index is 12.3. The first kappa shape index (κ1) is 16.2. The molecule has 1 amide bonds. The number of hydrogen-bond acceptors (Lipinski definition) is 3. The minimum absolute atomic E-state index is 0.138. The summed E-state index contributed by atoms with van der Waals surface area (Å²) < 4.78 is 23.1. The first-order valence-corrected chi connectivity index (χ1v) is 8.91. The zero-order chi connectivity index (χ0) is 16.3. The van der Waals surface area contributed by atoms with Crippen LogP contribution in [0.4, 0.5) is 5.69 Å². The quantitative estimate of drug-likeness (QED) is 0.942. The molecular formula is C17H19NO3S. The van der Waals surface area contributed by atoms with Gasteiger partial charge in [-0.1, -0.05) is 25.1 Å². The fourth-order valence-electron chi connectivity index (χ4n) is 2.09. The molecule has 0 saturated carbocycles. The summed E-state index contributed by atoms with van der Waals surface area (Å²) in [6.07, 6.45) is 2.01. The summed E-state index contributed by atoms with van der Waals surface area (Å²) in [7, 11) is -3.33. The molecule has 0 aliphatic carbocycles. The van der Waals surface area contributed by atoms with Crippen LogP contribution in [-0.2, 0) is 16.3 Å². The monoisotopic (exact) mass is 317 g/mol. The molecule has 2 aromatic rings. The minimum Gasteiger partial charge on any atom is -0.322 e. The molecule has 0 heterocycles. The number of aryl methyl sites for hydroxylation is 2. The van der Waals surface area contributed by atoms with Crippen LogP contribution in [-0.4, -0.2) is 20.6 Å². The number of anilines is 1. The maximum atomic E-state index is 12.3. The number of carbonyl (C=O) groups is 1. The predicted octanol–water partition coefficient (Wildman–Crippen LogP) is 3.21. The van der Waals surface area contributed by atoms with E-state index in [0.29, 0.717) is 5.56 Å². The van der Waals surface area contributed by atoms with Crippen LogP contribution in [0.1, 0.15) is 28.4 Å². The van der Waals surface area contributed by atoms with Gasteiger partial charge in [0.1, 0.15) is 0 Å². The zero-order valence-electron chi connectivity index (χ0n) is 12.9. The number of amides is 1. The van der Waals surface area contributed by atoms with Gasteiger partial charge in [0.2, 0.25) is 0 Å². The van der Waals surface area contributed by atoms with Crippen molar-refractivity contribution in [1.82, 2.24) is 0 Å². The van der Waals surface area contributed by atoms with Crippen molar-refractivity contribution >= 4 is 21.4 Å². The topological polar surface area (TPSA) is 63.2 Å². The lowest BCUT2D eigenvalue weighted by Crippen LogP contribution is -2.13. The SMILES string of the molecule is CCc1ccc(C)c(NC(=O)c2cccc(S(C)(=O)=O)c2)c1. The molecule has 0 radical (unpaired) electrons. The Labute approximate surface area is 131 Å². The molecule has 0 unspecified atom stereocenters. The number of nitrogens with one attached hydrogen (secondary N) is 1. The molecule has 0 aromatic heterocycles. The van der Waals surface area contributed by atoms with Crippen molar-refractivity contribution < 1.29 is 13.2 Å². The van der Waals surface area contributed by atoms with Crippen molar-refractivity contribution in [3.63, 3.8) is 0 Å². The molecule has 0 saturated heterocycles. The summed E-state index contributed by atoms with van der Waals surface area (Å²) in [6.45, 7) is 3.97. The largest absolute Gasteiger partial charge is 0.322 e. The lowest BCUT2D eigenvalue weighted by atomic mass is 10.1. The van der Waals surface area contributed by atoms with E-state index in [0.717, 1.165) is 29.5 Å². The molecular weight excluding hydrogens is 298 g/mol. The van der Waals surface area contributed by atoms with Crippen LogP contribution in [0.3, 0.4) is 0 Å². The molecule has 1 N–H and O–H groups in total. The van der Waals surface area contributed by atoms with Gasteiger partial charge in [-0.2, -0.15) is 0 Å². The summed E-state index contributed by atoms with van der Waals surface area (Å²) in [5, 5.41) is 2.85. The fraction of sp³-hybridized carbons (Fsp3) is 0.235. The van der Waals surface area contributed by atoms with Crippen molar-refractivity contribution in [3.05, 3.63) is 59.2 Å². The first-order valence-electron chi connectivity index (χ1n) is 7.02. The van der Waals surface area contributed by atoms with E-state index in [1.165, 1.54) is 12.1 Å². The maximum Gasteiger partial charge on any atom is 0.255 e. The van der Waals surface area contributed by atoms with Crippen molar-refractivity contribution in [2.45, 2.75) is 25.2 Å². The van der Waals surface area contributed by atoms with Crippen LogP contribution >= 0.6 is 0 Å². The Bertz CT molecular complexity index is 810. The number of sulfone groups is 1. The van der Waals surface area contributed by atoms with E-state index < -0.39 is 9.84 Å². The van der Waals surface area contributed by atoms with Crippen LogP contribution in [0.15, 0.2) is 47.4 Å². The van der Waals surface area contributed by atoms with Gasteiger partial charge in [0, 0.05) is 17.5 Å². The average molecular weight is 317 g/mol. The van der Waals surface area contributed by atoms with Gasteiger partial charge in [0.05, 0.1) is 4.90 Å². The van der Waals surface area contributed by atoms with Crippen molar-refractivity contribution in [3.8, 4) is 0 Å². The molecule has 116 valence electrons. The van der Waals surface area contributed by atoms with E-state index in [-0.39, 0.29) is 10.8 Å². The minimum atomic E-state index is -3.33. The summed E-state index contributed by atoms with van der Waals surface area (Å²) in [5.41, 5.74) is 3.16. The Hall–Kier alpha value is -2.14. The van der Waals surface area contributed by atoms with E-state index in [9.17, 15) is 13.2 Å². The second-order valence-corrected chi connectivity index (χ2v) is 7.27. The first-order chi connectivity index (χ1) is 10.3. The van der Waals surface area contributed by atoms with E-state index in [1.54, 1.807) is 12.1 Å². The van der Waals surface area contributed by atoms with Crippen LogP contribution in [0, 0.1) is 6.92 Å². The number of benzene rings is 2. The third-order valence-electron chi connectivity index (χ3n) is 3.48. The Morgan fingerprint density at radius 1 is 1.14 bits per heavy atom. The standard InChI is InChI=1S/C17H19NO3S/c1-4-13-9-8-12(2)16(10-13)18-17(19)14-6-5-7-15(11-14)22(3,20)21/h5-11H,4H2,1-3H3,(H,18,19). The van der Waals surface area contributed by atoms with Crippen molar-refractivity contribution in [2.75, 3.05) is 11.6 Å². The molecule has 0 aliphatic heterocycles. The van der Waals surface area contributed by atoms with Crippen LogP contribution < -0.4 is 5.32 Å². The van der Waals surface area contributed by atoms with Gasteiger partial charge in [-0.15, -0.1) is 0 Å². The molecule has 0 spiro atoms. The fourth-order valence-corrected chi connectivity index (χ4v) is 2.75. The second-order valence-electron chi connectivity index (χ2n) is 5.26. The van der Waals surface area contributed by atoms with Crippen LogP contribution in [0.25, 0.3) is 0 Å². The van der Waals surface area contributed by atoms with Crippen molar-refractivity contribution in [2.24, 2.45) is 0 Å². The van der Waals surface area contributed by atoms with Gasteiger partial charge in [-0.25, -0.2) is 8.42 Å². The summed E-state index contributed by atoms with van der Waals surface area (Å²) >= 11 is 0. The summed E-state index contributed by atoms with van der Waals surface area (Å²) in [5.74, 6) is -0.318. The molecule has 0 aliphatic rings. The predicted molar refractivity (Wildman–Crippen MR) is 88.1 cm³/mol. The molecule has 2 rings (SSSR count). The van der Waals surface area contributed by atoms with Crippen molar-refractivity contribution in [1.29, 1.82) is 0 Å². The number of hydrogen-bond donors (Lipinski definition) is 1. The highest BCUT2D eigenvalue weighted by Gasteiger charge is 2.12. The van der Waals surface area contributed by atoms with Gasteiger partial charge in [-0.05, 0) is 48.7 Å². The highest BCUT2D eigenvalue weighted by Crippen LogP contribution is 2.19. The molecule has 4 nitrogen and oxygen atoms in total. The molecule has 5 heteroatoms. The van der Waals surface area contributed by atoms with E-state index >= 15 is 0 Å².